The van der Waals surface area contributed by atoms with E-state index in [-0.39, 0.29) is 23.0 Å². The molecule has 0 radical (unpaired) electrons. The van der Waals surface area contributed by atoms with Crippen molar-refractivity contribution in [1.82, 2.24) is 15.0 Å². The summed E-state index contributed by atoms with van der Waals surface area (Å²) in [5, 5.41) is -0.453. The molecule has 0 aliphatic carbocycles. The molecule has 0 fully saturated rings. The summed E-state index contributed by atoms with van der Waals surface area (Å²) in [5.74, 6) is -5.65. The molecule has 4 aromatic rings. The van der Waals surface area contributed by atoms with Gasteiger partial charge in [-0.1, -0.05) is 29.8 Å². The molecule has 0 amide bonds. The molecule has 3 N–H and O–H groups in total. The summed E-state index contributed by atoms with van der Waals surface area (Å²) in [6.45, 7) is 0. The van der Waals surface area contributed by atoms with Crippen LogP contribution in [0.3, 0.4) is 0 Å². The molecule has 0 unspecified atom stereocenters. The first-order valence-electron chi connectivity index (χ1n) is 9.78. The molecular weight excluding hydrogens is 507 g/mol. The van der Waals surface area contributed by atoms with Gasteiger partial charge >= 0.3 is 0 Å². The highest BCUT2D eigenvalue weighted by Crippen LogP contribution is 2.39. The number of sulfonamides is 1. The first kappa shape index (κ1) is 24.2. The fourth-order valence-corrected chi connectivity index (χ4v) is 4.49. The van der Waals surface area contributed by atoms with E-state index < -0.39 is 49.7 Å². The second kappa shape index (κ2) is 9.76. The van der Waals surface area contributed by atoms with Gasteiger partial charge in [0, 0.05) is 18.0 Å². The van der Waals surface area contributed by atoms with E-state index in [1.54, 1.807) is 12.1 Å². The van der Waals surface area contributed by atoms with E-state index in [0.29, 0.717) is 5.69 Å². The molecule has 0 atom stereocenters. The van der Waals surface area contributed by atoms with E-state index in [0.717, 1.165) is 12.1 Å². The topological polar surface area (TPSA) is 120 Å². The van der Waals surface area contributed by atoms with Crippen LogP contribution in [0, 0.1) is 17.5 Å². The Morgan fingerprint density at radius 2 is 1.77 bits per heavy atom. The van der Waals surface area contributed by atoms with Crippen LogP contribution >= 0.6 is 11.6 Å². The largest absolute Gasteiger partial charge is 0.434 e. The average Bonchev–Trinajstić information content (AvgIpc) is 2.81. The minimum absolute atomic E-state index is 0.0282. The van der Waals surface area contributed by atoms with E-state index in [9.17, 15) is 21.6 Å². The maximum Gasteiger partial charge on any atom is 0.237 e. The summed E-state index contributed by atoms with van der Waals surface area (Å²) >= 11 is 6.09. The quantitative estimate of drug-likeness (QED) is 0.331. The first-order valence-corrected chi connectivity index (χ1v) is 11.8. The molecule has 2 heterocycles. The van der Waals surface area contributed by atoms with Gasteiger partial charge in [-0.05, 0) is 30.3 Å². The first-order chi connectivity index (χ1) is 16.6. The van der Waals surface area contributed by atoms with Crippen molar-refractivity contribution < 1.29 is 26.3 Å². The Balaban J connectivity index is 1.65. The van der Waals surface area contributed by atoms with E-state index >= 15 is 0 Å². The predicted octanol–water partition coefficient (Wildman–Crippen LogP) is 4.93. The molecule has 13 heteroatoms. The molecule has 0 bridgehead atoms. The zero-order valence-corrected chi connectivity index (χ0v) is 19.1. The fraction of sp³-hybridized carbons (Fsp3) is 0.0455. The standard InChI is InChI=1S/C22H15ClF3N5O3S/c23-14-10-17(31-35(32,33)11-12-4-1-2-6-15(12)24)18(25)19(26)20(14)34-21-13(5-3-8-28-21)16-7-9-29-22(27)30-16/h1-10,31H,11H2,(H2,27,29,30). The molecule has 180 valence electrons. The number of aromatic nitrogens is 3. The summed E-state index contributed by atoms with van der Waals surface area (Å²) in [5.41, 5.74) is 5.26. The summed E-state index contributed by atoms with van der Waals surface area (Å²) in [4.78, 5) is 11.8. The fourth-order valence-electron chi connectivity index (χ4n) is 3.06. The van der Waals surface area contributed by atoms with Crippen LogP contribution < -0.4 is 15.2 Å². The number of halogens is 4. The van der Waals surface area contributed by atoms with Crippen LogP contribution in [0.25, 0.3) is 11.3 Å². The zero-order valence-electron chi connectivity index (χ0n) is 17.5. The Bertz CT molecular complexity index is 1520. The van der Waals surface area contributed by atoms with Gasteiger partial charge in [0.2, 0.25) is 27.7 Å². The number of nitrogen functional groups attached to an aromatic ring is 1. The Morgan fingerprint density at radius 1 is 1.00 bits per heavy atom. The monoisotopic (exact) mass is 521 g/mol. The summed E-state index contributed by atoms with van der Waals surface area (Å²) in [6, 6.07) is 10.6. The molecule has 0 saturated carbocycles. The van der Waals surface area contributed by atoms with Gasteiger partial charge in [0.15, 0.2) is 11.6 Å². The van der Waals surface area contributed by atoms with Gasteiger partial charge in [-0.3, -0.25) is 4.72 Å². The molecule has 0 saturated heterocycles. The third-order valence-electron chi connectivity index (χ3n) is 4.61. The van der Waals surface area contributed by atoms with Crippen molar-refractivity contribution in [3.05, 3.63) is 89.0 Å². The normalized spacial score (nSPS) is 11.3. The van der Waals surface area contributed by atoms with Crippen molar-refractivity contribution in [3.63, 3.8) is 0 Å². The second-order valence-electron chi connectivity index (χ2n) is 7.07. The van der Waals surface area contributed by atoms with Crippen molar-refractivity contribution in [3.8, 4) is 22.9 Å². The van der Waals surface area contributed by atoms with Crippen LogP contribution in [0.4, 0.5) is 24.8 Å². The van der Waals surface area contributed by atoms with Gasteiger partial charge in [-0.2, -0.15) is 4.39 Å². The van der Waals surface area contributed by atoms with Crippen molar-refractivity contribution in [2.45, 2.75) is 5.75 Å². The van der Waals surface area contributed by atoms with Crippen LogP contribution in [0.15, 0.2) is 60.9 Å². The smallest absolute Gasteiger partial charge is 0.237 e. The lowest BCUT2D eigenvalue weighted by molar-refractivity contribution is 0.408. The maximum atomic E-state index is 14.9. The Morgan fingerprint density at radius 3 is 2.51 bits per heavy atom. The Hall–Kier alpha value is -3.90. The number of ether oxygens (including phenoxy) is 1. The van der Waals surface area contributed by atoms with Gasteiger partial charge < -0.3 is 10.5 Å². The third-order valence-corrected chi connectivity index (χ3v) is 6.11. The molecule has 2 aromatic heterocycles. The Labute approximate surface area is 202 Å². The number of nitrogens with one attached hydrogen (secondary N) is 1. The number of hydrogen-bond acceptors (Lipinski definition) is 7. The molecule has 0 aliphatic heterocycles. The molecule has 0 spiro atoms. The van der Waals surface area contributed by atoms with Gasteiger partial charge in [0.1, 0.15) is 5.82 Å². The number of hydrogen-bond donors (Lipinski definition) is 2. The lowest BCUT2D eigenvalue weighted by Crippen LogP contribution is -2.17. The van der Waals surface area contributed by atoms with Crippen LogP contribution in [-0.2, 0) is 15.8 Å². The third kappa shape index (κ3) is 5.44. The summed E-state index contributed by atoms with van der Waals surface area (Å²) in [6.07, 6.45) is 2.74. The van der Waals surface area contributed by atoms with E-state index in [1.165, 1.54) is 36.7 Å². The number of pyridine rings is 1. The highest BCUT2D eigenvalue weighted by molar-refractivity contribution is 7.91. The minimum atomic E-state index is -4.32. The highest BCUT2D eigenvalue weighted by atomic mass is 35.5. The van der Waals surface area contributed by atoms with Gasteiger partial charge in [0.05, 0.1) is 27.7 Å². The minimum Gasteiger partial charge on any atom is -0.434 e. The van der Waals surface area contributed by atoms with E-state index in [4.69, 9.17) is 22.1 Å². The number of nitrogens with two attached hydrogens (primary N) is 1. The maximum absolute atomic E-state index is 14.9. The van der Waals surface area contributed by atoms with Gasteiger partial charge in [-0.15, -0.1) is 0 Å². The zero-order chi connectivity index (χ0) is 25.2. The number of nitrogens with zero attached hydrogens (tertiary/aromatic N) is 3. The van der Waals surface area contributed by atoms with Crippen molar-refractivity contribution in [1.29, 1.82) is 0 Å². The summed E-state index contributed by atoms with van der Waals surface area (Å²) in [7, 11) is -4.32. The molecule has 4 rings (SSSR count). The van der Waals surface area contributed by atoms with E-state index in [2.05, 4.69) is 15.0 Å². The van der Waals surface area contributed by atoms with E-state index in [1.807, 2.05) is 4.72 Å². The molecule has 8 nitrogen and oxygen atoms in total. The predicted molar refractivity (Wildman–Crippen MR) is 124 cm³/mol. The molecular formula is C22H15ClF3N5O3S. The van der Waals surface area contributed by atoms with Crippen LogP contribution in [0.5, 0.6) is 11.6 Å². The molecule has 35 heavy (non-hydrogen) atoms. The van der Waals surface area contributed by atoms with Crippen molar-refractivity contribution in [2.24, 2.45) is 0 Å². The van der Waals surface area contributed by atoms with Gasteiger partial charge in [-0.25, -0.2) is 32.2 Å². The lowest BCUT2D eigenvalue weighted by atomic mass is 10.2. The second-order valence-corrected chi connectivity index (χ2v) is 9.20. The summed E-state index contributed by atoms with van der Waals surface area (Å²) < 4.78 is 75.7. The van der Waals surface area contributed by atoms with Crippen LogP contribution in [0.1, 0.15) is 5.56 Å². The Kier molecular flexibility index (Phi) is 6.76. The van der Waals surface area contributed by atoms with Crippen molar-refractivity contribution >= 4 is 33.3 Å². The van der Waals surface area contributed by atoms with Crippen molar-refractivity contribution in [2.75, 3.05) is 10.5 Å². The SMILES string of the molecule is Nc1nccc(-c2cccnc2Oc2c(Cl)cc(NS(=O)(=O)Cc3ccccc3F)c(F)c2F)n1. The number of anilines is 2. The molecule has 2 aromatic carbocycles. The number of benzene rings is 2. The van der Waals surface area contributed by atoms with Crippen LogP contribution in [0.2, 0.25) is 5.02 Å². The van der Waals surface area contributed by atoms with Crippen LogP contribution in [-0.4, -0.2) is 23.4 Å². The average molecular weight is 522 g/mol. The highest BCUT2D eigenvalue weighted by Gasteiger charge is 2.25. The van der Waals surface area contributed by atoms with Gasteiger partial charge in [0.25, 0.3) is 0 Å². The number of rotatable bonds is 7. The molecule has 0 aliphatic rings. The lowest BCUT2D eigenvalue weighted by Gasteiger charge is -2.15.